The van der Waals surface area contributed by atoms with E-state index in [4.69, 9.17) is 9.84 Å². The van der Waals surface area contributed by atoms with Crippen molar-refractivity contribution in [1.82, 2.24) is 5.32 Å². The molecule has 3 heteroatoms. The quantitative estimate of drug-likeness (QED) is 0.640. The van der Waals surface area contributed by atoms with Crippen LogP contribution in [0.5, 0.6) is 0 Å². The van der Waals surface area contributed by atoms with Crippen LogP contribution in [0.3, 0.4) is 0 Å². The maximum atomic E-state index is 8.95. The normalized spacial score (nSPS) is 16.4. The molecule has 0 aliphatic heterocycles. The summed E-state index contributed by atoms with van der Waals surface area (Å²) in [4.78, 5) is 0. The largest absolute Gasteiger partial charge is 0.396 e. The molecular formula is C12H27NO2. The van der Waals surface area contributed by atoms with Gasteiger partial charge in [0, 0.05) is 18.7 Å². The number of rotatable bonds is 7. The lowest BCUT2D eigenvalue weighted by Gasteiger charge is -2.30. The molecule has 0 aliphatic rings. The molecule has 0 bridgehead atoms. The Morgan fingerprint density at radius 3 is 2.20 bits per heavy atom. The van der Waals surface area contributed by atoms with Gasteiger partial charge in [-0.05, 0) is 40.5 Å². The first kappa shape index (κ1) is 14.9. The van der Waals surface area contributed by atoms with Crippen molar-refractivity contribution in [3.05, 3.63) is 0 Å². The second kappa shape index (κ2) is 6.46. The highest BCUT2D eigenvalue weighted by atomic mass is 16.5. The smallest absolute Gasteiger partial charge is 0.0599 e. The van der Waals surface area contributed by atoms with E-state index in [9.17, 15) is 0 Å². The Hall–Kier alpha value is -0.120. The summed E-state index contributed by atoms with van der Waals surface area (Å²) in [5.74, 6) is 0. The summed E-state index contributed by atoms with van der Waals surface area (Å²) in [6.45, 7) is 12.2. The highest BCUT2D eigenvalue weighted by Crippen LogP contribution is 2.13. The van der Waals surface area contributed by atoms with Gasteiger partial charge in [0.05, 0.1) is 12.2 Å². The van der Waals surface area contributed by atoms with Crippen molar-refractivity contribution < 1.29 is 9.84 Å². The van der Waals surface area contributed by atoms with Crippen LogP contribution in [-0.2, 0) is 4.74 Å². The van der Waals surface area contributed by atoms with E-state index in [0.29, 0.717) is 6.61 Å². The average Bonchev–Trinajstić information content (AvgIpc) is 2.12. The molecule has 0 aromatic carbocycles. The first-order chi connectivity index (χ1) is 6.83. The minimum atomic E-state index is -0.0682. The fourth-order valence-electron chi connectivity index (χ4n) is 1.35. The molecule has 0 aliphatic carbocycles. The number of hydrogen-bond acceptors (Lipinski definition) is 3. The lowest BCUT2D eigenvalue weighted by molar-refractivity contribution is -0.00370. The minimum absolute atomic E-state index is 0.0377. The lowest BCUT2D eigenvalue weighted by Crippen LogP contribution is -2.44. The van der Waals surface area contributed by atoms with Crippen molar-refractivity contribution in [3.8, 4) is 0 Å². The maximum absolute atomic E-state index is 8.95. The van der Waals surface area contributed by atoms with Crippen molar-refractivity contribution >= 4 is 0 Å². The van der Waals surface area contributed by atoms with Crippen LogP contribution in [0, 0.1) is 0 Å². The van der Waals surface area contributed by atoms with Crippen LogP contribution in [0.25, 0.3) is 0 Å². The molecule has 0 saturated carbocycles. The number of hydrogen-bond donors (Lipinski definition) is 2. The number of aliphatic hydroxyl groups is 1. The predicted octanol–water partition coefficient (Wildman–Crippen LogP) is 1.94. The summed E-state index contributed by atoms with van der Waals surface area (Å²) in [7, 11) is 0. The van der Waals surface area contributed by atoms with Gasteiger partial charge in [0.1, 0.15) is 0 Å². The molecule has 1 unspecified atom stereocenters. The molecule has 0 saturated heterocycles. The zero-order valence-electron chi connectivity index (χ0n) is 10.9. The van der Waals surface area contributed by atoms with Gasteiger partial charge in [-0.1, -0.05) is 6.92 Å². The first-order valence-electron chi connectivity index (χ1n) is 5.83. The van der Waals surface area contributed by atoms with Crippen LogP contribution in [0.1, 0.15) is 47.5 Å². The summed E-state index contributed by atoms with van der Waals surface area (Å²) >= 11 is 0. The first-order valence-corrected chi connectivity index (χ1v) is 5.83. The molecule has 0 spiro atoms. The van der Waals surface area contributed by atoms with E-state index in [-0.39, 0.29) is 17.7 Å². The molecule has 0 fully saturated rings. The summed E-state index contributed by atoms with van der Waals surface area (Å²) in [5.41, 5.74) is -0.0305. The minimum Gasteiger partial charge on any atom is -0.396 e. The second-order valence-electron chi connectivity index (χ2n) is 5.28. The van der Waals surface area contributed by atoms with Gasteiger partial charge in [-0.2, -0.15) is 0 Å². The Bertz CT molecular complexity index is 165. The Kier molecular flexibility index (Phi) is 6.41. The van der Waals surface area contributed by atoms with Crippen LogP contribution < -0.4 is 5.32 Å². The SMILES string of the molecule is CCC(C)(CCO)NCCOC(C)(C)C. The van der Waals surface area contributed by atoms with Crippen LogP contribution in [0.15, 0.2) is 0 Å². The van der Waals surface area contributed by atoms with E-state index in [1.807, 2.05) is 0 Å². The Balaban J connectivity index is 3.73. The van der Waals surface area contributed by atoms with Crippen molar-refractivity contribution in [2.45, 2.75) is 58.6 Å². The fraction of sp³-hybridized carbons (Fsp3) is 1.00. The third kappa shape index (κ3) is 7.77. The zero-order chi connectivity index (χ0) is 11.9. The predicted molar refractivity (Wildman–Crippen MR) is 64.1 cm³/mol. The molecule has 0 heterocycles. The number of nitrogens with one attached hydrogen (secondary N) is 1. The van der Waals surface area contributed by atoms with Crippen molar-refractivity contribution in [1.29, 1.82) is 0 Å². The standard InChI is InChI=1S/C12H27NO2/c1-6-12(5,7-9-14)13-8-10-15-11(2,3)4/h13-14H,6-10H2,1-5H3. The van der Waals surface area contributed by atoms with E-state index in [1.54, 1.807) is 0 Å². The van der Waals surface area contributed by atoms with Crippen LogP contribution in [0.4, 0.5) is 0 Å². The van der Waals surface area contributed by atoms with E-state index in [1.165, 1.54) is 0 Å². The molecule has 0 aromatic heterocycles. The van der Waals surface area contributed by atoms with E-state index in [0.717, 1.165) is 19.4 Å². The van der Waals surface area contributed by atoms with E-state index >= 15 is 0 Å². The molecule has 2 N–H and O–H groups in total. The van der Waals surface area contributed by atoms with Crippen molar-refractivity contribution in [2.75, 3.05) is 19.8 Å². The van der Waals surface area contributed by atoms with Crippen LogP contribution >= 0.6 is 0 Å². The number of ether oxygens (including phenoxy) is 1. The Labute approximate surface area is 94.2 Å². The highest BCUT2D eigenvalue weighted by Gasteiger charge is 2.20. The molecule has 0 amide bonds. The third-order valence-corrected chi connectivity index (χ3v) is 2.63. The highest BCUT2D eigenvalue weighted by molar-refractivity contribution is 4.80. The van der Waals surface area contributed by atoms with Gasteiger partial charge in [0.2, 0.25) is 0 Å². The summed E-state index contributed by atoms with van der Waals surface area (Å²) in [6, 6.07) is 0. The topological polar surface area (TPSA) is 41.5 Å². The lowest BCUT2D eigenvalue weighted by atomic mass is 9.95. The van der Waals surface area contributed by atoms with Gasteiger partial charge < -0.3 is 15.2 Å². The van der Waals surface area contributed by atoms with Gasteiger partial charge in [-0.15, -0.1) is 0 Å². The third-order valence-electron chi connectivity index (χ3n) is 2.63. The molecule has 0 radical (unpaired) electrons. The van der Waals surface area contributed by atoms with Crippen molar-refractivity contribution in [3.63, 3.8) is 0 Å². The Morgan fingerprint density at radius 1 is 1.20 bits per heavy atom. The maximum Gasteiger partial charge on any atom is 0.0599 e. The van der Waals surface area contributed by atoms with E-state index in [2.05, 4.69) is 39.9 Å². The summed E-state index contributed by atoms with van der Waals surface area (Å²) < 4.78 is 5.62. The molecule has 0 rings (SSSR count). The molecule has 15 heavy (non-hydrogen) atoms. The summed E-state index contributed by atoms with van der Waals surface area (Å²) in [6.07, 6.45) is 1.81. The van der Waals surface area contributed by atoms with Crippen LogP contribution in [0.2, 0.25) is 0 Å². The number of aliphatic hydroxyl groups excluding tert-OH is 1. The fourth-order valence-corrected chi connectivity index (χ4v) is 1.35. The molecule has 92 valence electrons. The molecule has 1 atom stereocenters. The van der Waals surface area contributed by atoms with E-state index < -0.39 is 0 Å². The van der Waals surface area contributed by atoms with Gasteiger partial charge >= 0.3 is 0 Å². The second-order valence-corrected chi connectivity index (χ2v) is 5.28. The van der Waals surface area contributed by atoms with Gasteiger partial charge in [0.15, 0.2) is 0 Å². The molecule has 3 nitrogen and oxygen atoms in total. The monoisotopic (exact) mass is 217 g/mol. The van der Waals surface area contributed by atoms with Crippen LogP contribution in [-0.4, -0.2) is 36.0 Å². The average molecular weight is 217 g/mol. The van der Waals surface area contributed by atoms with Gasteiger partial charge in [-0.25, -0.2) is 0 Å². The molecule has 0 aromatic rings. The van der Waals surface area contributed by atoms with Gasteiger partial charge in [0.25, 0.3) is 0 Å². The Morgan fingerprint density at radius 2 is 1.80 bits per heavy atom. The zero-order valence-corrected chi connectivity index (χ0v) is 10.9. The van der Waals surface area contributed by atoms with Gasteiger partial charge in [-0.3, -0.25) is 0 Å². The molecular weight excluding hydrogens is 190 g/mol. The van der Waals surface area contributed by atoms with Crippen molar-refractivity contribution in [2.24, 2.45) is 0 Å². The summed E-state index contributed by atoms with van der Waals surface area (Å²) in [5, 5.41) is 12.4.